The second kappa shape index (κ2) is 4.32. The second-order valence-corrected chi connectivity index (χ2v) is 5.55. The molecule has 2 aliphatic heterocycles. The number of nitrogens with one attached hydrogen (secondary N) is 1. The Bertz CT molecular complexity index is 706. The molecule has 2 heterocycles. The Balaban J connectivity index is 1.90. The van der Waals surface area contributed by atoms with Gasteiger partial charge in [0.1, 0.15) is 6.04 Å². The molecule has 4 aliphatic rings. The number of ether oxygens (including phenoxy) is 1. The zero-order valence-electron chi connectivity index (χ0n) is 11.8. The molecule has 0 saturated heterocycles. The number of ketones is 1. The smallest absolute Gasteiger partial charge is 0.186 e. The molecular formula is C17H16N2O2. The van der Waals surface area contributed by atoms with Gasteiger partial charge in [0.15, 0.2) is 11.7 Å². The lowest BCUT2D eigenvalue weighted by Crippen LogP contribution is -2.51. The van der Waals surface area contributed by atoms with Crippen molar-refractivity contribution >= 4 is 11.5 Å². The van der Waals surface area contributed by atoms with E-state index in [0.717, 1.165) is 23.4 Å². The maximum absolute atomic E-state index is 12.5. The fourth-order valence-corrected chi connectivity index (χ4v) is 3.56. The number of allylic oxidation sites excluding steroid dienone is 6. The van der Waals surface area contributed by atoms with E-state index in [-0.39, 0.29) is 11.8 Å². The summed E-state index contributed by atoms with van der Waals surface area (Å²) in [6, 6.07) is -0.360. The van der Waals surface area contributed by atoms with Crippen LogP contribution in [-0.4, -0.2) is 24.6 Å². The standard InChI is InChI=1S/C17H16N2O2/c1-21-15-7-4-10-17-11-5-2-3-6-12(11)18-14(17)9-8-13(20)16(17)19-15/h3-7,9-10,16,19H,2,8H2,1H3. The van der Waals surface area contributed by atoms with Crippen LogP contribution >= 0.6 is 0 Å². The molecule has 106 valence electrons. The topological polar surface area (TPSA) is 50.7 Å². The largest absolute Gasteiger partial charge is 0.483 e. The summed E-state index contributed by atoms with van der Waals surface area (Å²) in [4.78, 5) is 17.3. The van der Waals surface area contributed by atoms with Gasteiger partial charge in [0.25, 0.3) is 0 Å². The molecule has 0 aromatic rings. The van der Waals surface area contributed by atoms with Crippen LogP contribution in [0.25, 0.3) is 0 Å². The quantitative estimate of drug-likeness (QED) is 0.801. The molecule has 1 N–H and O–H groups in total. The Labute approximate surface area is 123 Å². The lowest BCUT2D eigenvalue weighted by atomic mass is 9.66. The molecule has 0 amide bonds. The number of nitrogens with zero attached hydrogens (tertiary/aromatic N) is 1. The summed E-state index contributed by atoms with van der Waals surface area (Å²) in [5.41, 5.74) is 2.57. The predicted octanol–water partition coefficient (Wildman–Crippen LogP) is 2.19. The lowest BCUT2D eigenvalue weighted by Gasteiger charge is -2.39. The highest BCUT2D eigenvalue weighted by Gasteiger charge is 2.53. The highest BCUT2D eigenvalue weighted by molar-refractivity contribution is 6.15. The number of hydrogen-bond acceptors (Lipinski definition) is 4. The van der Waals surface area contributed by atoms with Crippen molar-refractivity contribution in [3.63, 3.8) is 0 Å². The van der Waals surface area contributed by atoms with Crippen molar-refractivity contribution in [2.45, 2.75) is 18.9 Å². The van der Waals surface area contributed by atoms with E-state index in [9.17, 15) is 4.79 Å². The van der Waals surface area contributed by atoms with Crippen molar-refractivity contribution in [2.24, 2.45) is 10.4 Å². The average molecular weight is 280 g/mol. The Morgan fingerprint density at radius 2 is 2.33 bits per heavy atom. The molecule has 2 aliphatic carbocycles. The van der Waals surface area contributed by atoms with Crippen LogP contribution in [0.4, 0.5) is 0 Å². The molecule has 0 fully saturated rings. The van der Waals surface area contributed by atoms with Gasteiger partial charge in [-0.05, 0) is 24.1 Å². The highest BCUT2D eigenvalue weighted by Crippen LogP contribution is 2.51. The van der Waals surface area contributed by atoms with Crippen molar-refractivity contribution < 1.29 is 9.53 Å². The van der Waals surface area contributed by atoms with E-state index < -0.39 is 5.41 Å². The summed E-state index contributed by atoms with van der Waals surface area (Å²) in [7, 11) is 1.61. The third-order valence-electron chi connectivity index (χ3n) is 4.51. The van der Waals surface area contributed by atoms with E-state index in [0.29, 0.717) is 12.3 Å². The minimum absolute atomic E-state index is 0.167. The van der Waals surface area contributed by atoms with Gasteiger partial charge in [-0.15, -0.1) is 0 Å². The van der Waals surface area contributed by atoms with Gasteiger partial charge in [-0.1, -0.05) is 30.4 Å². The van der Waals surface area contributed by atoms with E-state index in [4.69, 9.17) is 9.73 Å². The molecule has 0 saturated carbocycles. The SMILES string of the molecule is COC1=CC=CC23C(=CCC(=O)C2N1)N=C1C=CCC=C13. The van der Waals surface area contributed by atoms with Gasteiger partial charge in [-0.25, -0.2) is 0 Å². The monoisotopic (exact) mass is 280 g/mol. The predicted molar refractivity (Wildman–Crippen MR) is 80.6 cm³/mol. The number of rotatable bonds is 1. The molecule has 2 atom stereocenters. The zero-order chi connectivity index (χ0) is 14.4. The minimum Gasteiger partial charge on any atom is -0.483 e. The van der Waals surface area contributed by atoms with E-state index >= 15 is 0 Å². The molecule has 4 nitrogen and oxygen atoms in total. The van der Waals surface area contributed by atoms with Crippen LogP contribution in [0, 0.1) is 5.41 Å². The number of fused-ring (bicyclic) bond motifs is 1. The Hall–Kier alpha value is -2.36. The highest BCUT2D eigenvalue weighted by atomic mass is 16.5. The molecule has 2 unspecified atom stereocenters. The summed E-state index contributed by atoms with van der Waals surface area (Å²) < 4.78 is 5.31. The van der Waals surface area contributed by atoms with Crippen molar-refractivity contribution in [1.82, 2.24) is 5.32 Å². The molecule has 1 spiro atoms. The van der Waals surface area contributed by atoms with Gasteiger partial charge in [0.05, 0.1) is 23.9 Å². The first-order valence-electron chi connectivity index (χ1n) is 7.15. The van der Waals surface area contributed by atoms with Crippen LogP contribution in [0.15, 0.2) is 64.7 Å². The van der Waals surface area contributed by atoms with E-state index in [1.165, 1.54) is 0 Å². The Kier molecular flexibility index (Phi) is 2.55. The Morgan fingerprint density at radius 3 is 3.19 bits per heavy atom. The molecular weight excluding hydrogens is 264 g/mol. The normalized spacial score (nSPS) is 32.6. The van der Waals surface area contributed by atoms with Crippen LogP contribution in [0.2, 0.25) is 0 Å². The summed E-state index contributed by atoms with van der Waals surface area (Å²) in [6.45, 7) is 0. The molecule has 0 bridgehead atoms. The number of carbonyl (C=O) groups is 1. The number of Topliss-reactive ketones (excluding diaryl/α,β-unsaturated/α-hetero) is 1. The number of methoxy groups -OCH3 is 1. The van der Waals surface area contributed by atoms with Crippen LogP contribution in [0.3, 0.4) is 0 Å². The molecule has 4 rings (SSSR count). The minimum atomic E-state index is -0.494. The van der Waals surface area contributed by atoms with E-state index in [2.05, 4.69) is 23.5 Å². The third-order valence-corrected chi connectivity index (χ3v) is 4.51. The van der Waals surface area contributed by atoms with E-state index in [1.54, 1.807) is 7.11 Å². The summed E-state index contributed by atoms with van der Waals surface area (Å²) in [6.07, 6.45) is 15.5. The van der Waals surface area contributed by atoms with Gasteiger partial charge < -0.3 is 10.1 Å². The van der Waals surface area contributed by atoms with Crippen LogP contribution in [-0.2, 0) is 9.53 Å². The lowest BCUT2D eigenvalue weighted by molar-refractivity contribution is -0.122. The molecule has 0 radical (unpaired) electrons. The molecule has 21 heavy (non-hydrogen) atoms. The summed E-state index contributed by atoms with van der Waals surface area (Å²) in [5.74, 6) is 0.781. The summed E-state index contributed by atoms with van der Waals surface area (Å²) in [5, 5.41) is 3.26. The third kappa shape index (κ3) is 1.56. The van der Waals surface area contributed by atoms with Crippen molar-refractivity contribution in [3.8, 4) is 0 Å². The van der Waals surface area contributed by atoms with Crippen molar-refractivity contribution in [3.05, 3.63) is 59.7 Å². The summed E-state index contributed by atoms with van der Waals surface area (Å²) >= 11 is 0. The van der Waals surface area contributed by atoms with Gasteiger partial charge in [-0.3, -0.25) is 9.79 Å². The van der Waals surface area contributed by atoms with Crippen LogP contribution < -0.4 is 5.32 Å². The fourth-order valence-electron chi connectivity index (χ4n) is 3.56. The van der Waals surface area contributed by atoms with Gasteiger partial charge in [0, 0.05) is 6.42 Å². The fraction of sp³-hybridized carbons (Fsp3) is 0.294. The molecule has 0 aromatic heterocycles. The Morgan fingerprint density at radius 1 is 1.43 bits per heavy atom. The molecule has 4 heteroatoms. The van der Waals surface area contributed by atoms with Gasteiger partial charge >= 0.3 is 0 Å². The maximum atomic E-state index is 12.5. The first-order chi connectivity index (χ1) is 10.3. The van der Waals surface area contributed by atoms with Crippen LogP contribution in [0.5, 0.6) is 0 Å². The van der Waals surface area contributed by atoms with Crippen LogP contribution in [0.1, 0.15) is 12.8 Å². The number of aliphatic imine (C=N–C) groups is 1. The van der Waals surface area contributed by atoms with E-state index in [1.807, 2.05) is 24.3 Å². The van der Waals surface area contributed by atoms with Gasteiger partial charge in [-0.2, -0.15) is 0 Å². The first-order valence-corrected chi connectivity index (χ1v) is 7.15. The number of hydrogen-bond donors (Lipinski definition) is 1. The number of carbonyl (C=O) groups excluding carboxylic acids is 1. The van der Waals surface area contributed by atoms with Crippen molar-refractivity contribution in [1.29, 1.82) is 0 Å². The first kappa shape index (κ1) is 12.4. The molecule has 0 aromatic carbocycles. The maximum Gasteiger partial charge on any atom is 0.186 e. The zero-order valence-corrected chi connectivity index (χ0v) is 11.8. The van der Waals surface area contributed by atoms with Gasteiger partial charge in [0.2, 0.25) is 0 Å². The van der Waals surface area contributed by atoms with Crippen molar-refractivity contribution in [2.75, 3.05) is 7.11 Å². The second-order valence-electron chi connectivity index (χ2n) is 5.55. The average Bonchev–Trinajstić information content (AvgIpc) is 2.69.